The van der Waals surface area contributed by atoms with Gasteiger partial charge in [-0.15, -0.1) is 5.10 Å². The van der Waals surface area contributed by atoms with Crippen molar-refractivity contribution in [3.8, 4) is 28.3 Å². The van der Waals surface area contributed by atoms with Gasteiger partial charge in [0, 0.05) is 17.3 Å². The molecule has 0 aliphatic carbocycles. The lowest BCUT2D eigenvalue weighted by Gasteiger charge is -2.13. The summed E-state index contributed by atoms with van der Waals surface area (Å²) in [4.78, 5) is 16.2. The maximum Gasteiger partial charge on any atom is 0.344 e. The van der Waals surface area contributed by atoms with Crippen molar-refractivity contribution >= 4 is 17.6 Å². The topological polar surface area (TPSA) is 103 Å². The number of H-pyrrole nitrogens is 1. The molecule has 0 spiro atoms. The van der Waals surface area contributed by atoms with Crippen LogP contribution in [0.3, 0.4) is 0 Å². The first-order chi connectivity index (χ1) is 15.1. The molecule has 0 unspecified atom stereocenters. The number of hydrogen-bond donors (Lipinski definition) is 1. The quantitative estimate of drug-likeness (QED) is 0.356. The van der Waals surface area contributed by atoms with Crippen LogP contribution in [0.5, 0.6) is 5.75 Å². The number of nitrogens with one attached hydrogen (secondary N) is 1. The van der Waals surface area contributed by atoms with Crippen LogP contribution in [-0.2, 0) is 11.3 Å². The predicted molar refractivity (Wildman–Crippen MR) is 115 cm³/mol. The second-order valence-electron chi connectivity index (χ2n) is 6.70. The van der Waals surface area contributed by atoms with E-state index in [1.54, 1.807) is 13.0 Å². The summed E-state index contributed by atoms with van der Waals surface area (Å²) in [5, 5.41) is 14.2. The maximum atomic E-state index is 12.1. The number of pyridine rings is 1. The number of tetrazole rings is 1. The first-order valence-electron chi connectivity index (χ1n) is 9.37. The average molecular weight is 436 g/mol. The van der Waals surface area contributed by atoms with Gasteiger partial charge in [-0.3, -0.25) is 0 Å². The largest absolute Gasteiger partial charge is 0.488 e. The van der Waals surface area contributed by atoms with Crippen molar-refractivity contribution in [2.75, 3.05) is 7.11 Å². The van der Waals surface area contributed by atoms with E-state index in [1.165, 1.54) is 7.11 Å². The molecule has 2 aromatic carbocycles. The van der Waals surface area contributed by atoms with Gasteiger partial charge in [-0.25, -0.2) is 14.9 Å². The summed E-state index contributed by atoms with van der Waals surface area (Å²) in [7, 11) is 1.29. The highest BCUT2D eigenvalue weighted by Crippen LogP contribution is 2.31. The fourth-order valence-electron chi connectivity index (χ4n) is 3.16. The van der Waals surface area contributed by atoms with Crippen molar-refractivity contribution < 1.29 is 14.3 Å². The Balaban J connectivity index is 1.56. The molecule has 31 heavy (non-hydrogen) atoms. The number of carbonyl (C=O) groups excluding carboxylic acids is 1. The monoisotopic (exact) mass is 435 g/mol. The molecule has 156 valence electrons. The first kappa shape index (κ1) is 20.5. The van der Waals surface area contributed by atoms with Gasteiger partial charge in [0.05, 0.1) is 7.11 Å². The molecule has 0 aliphatic rings. The van der Waals surface area contributed by atoms with E-state index in [9.17, 15) is 4.79 Å². The van der Waals surface area contributed by atoms with Gasteiger partial charge in [0.2, 0.25) is 0 Å². The molecule has 8 nitrogen and oxygen atoms in total. The van der Waals surface area contributed by atoms with Crippen LogP contribution in [0.1, 0.15) is 21.6 Å². The fourth-order valence-corrected chi connectivity index (χ4v) is 3.47. The minimum Gasteiger partial charge on any atom is -0.488 e. The summed E-state index contributed by atoms with van der Waals surface area (Å²) >= 11 is 6.13. The highest BCUT2D eigenvalue weighted by atomic mass is 35.5. The molecule has 0 atom stereocenters. The molecule has 0 fully saturated rings. The Morgan fingerprint density at radius 3 is 2.52 bits per heavy atom. The Morgan fingerprint density at radius 2 is 1.84 bits per heavy atom. The fraction of sp³-hybridized carbons (Fsp3) is 0.136. The summed E-state index contributed by atoms with van der Waals surface area (Å²) in [6, 6.07) is 17.4. The Labute approximate surface area is 183 Å². The number of aryl methyl sites for hydroxylation is 1. The third-order valence-corrected chi connectivity index (χ3v) is 4.92. The number of ether oxygens (including phenoxy) is 2. The van der Waals surface area contributed by atoms with Crippen molar-refractivity contribution in [1.82, 2.24) is 25.6 Å². The van der Waals surface area contributed by atoms with Gasteiger partial charge in [0.15, 0.2) is 5.82 Å². The molecule has 0 saturated carbocycles. The van der Waals surface area contributed by atoms with Crippen LogP contribution in [0.4, 0.5) is 0 Å². The zero-order valence-corrected chi connectivity index (χ0v) is 17.6. The van der Waals surface area contributed by atoms with Crippen LogP contribution >= 0.6 is 11.6 Å². The number of rotatable bonds is 6. The lowest BCUT2D eigenvalue weighted by Crippen LogP contribution is -2.08. The number of hydrogen-bond acceptors (Lipinski definition) is 7. The van der Waals surface area contributed by atoms with Crippen molar-refractivity contribution in [2.24, 2.45) is 0 Å². The molecular formula is C22H18ClN5O3. The van der Waals surface area contributed by atoms with E-state index in [1.807, 2.05) is 48.5 Å². The molecule has 0 aliphatic heterocycles. The summed E-state index contributed by atoms with van der Waals surface area (Å²) in [6.07, 6.45) is 0. The number of nitrogens with zero attached hydrogens (tertiary/aromatic N) is 4. The average Bonchev–Trinajstić information content (AvgIpc) is 3.32. The molecule has 4 rings (SSSR count). The van der Waals surface area contributed by atoms with Crippen molar-refractivity contribution in [1.29, 1.82) is 0 Å². The van der Waals surface area contributed by atoms with Crippen LogP contribution < -0.4 is 4.74 Å². The smallest absolute Gasteiger partial charge is 0.344 e. The van der Waals surface area contributed by atoms with Gasteiger partial charge in [0.25, 0.3) is 0 Å². The number of esters is 1. The Hall–Kier alpha value is -3.78. The number of carbonyl (C=O) groups is 1. The van der Waals surface area contributed by atoms with Crippen LogP contribution in [0.25, 0.3) is 22.5 Å². The summed E-state index contributed by atoms with van der Waals surface area (Å²) in [6.45, 7) is 2.02. The van der Waals surface area contributed by atoms with Crippen LogP contribution in [0.2, 0.25) is 5.15 Å². The predicted octanol–water partition coefficient (Wildman–Crippen LogP) is 4.26. The standard InChI is InChI=1S/C22H18ClN5O3/c1-13-11-18(19(20(23)24-13)22(29)30-2)31-12-14-7-9-15(10-8-14)16-5-3-4-6-17(16)21-25-27-28-26-21/h3-11H,12H2,1-2H3,(H,25,26,27,28). The Bertz CT molecular complexity index is 1210. The zero-order valence-electron chi connectivity index (χ0n) is 16.8. The van der Waals surface area contributed by atoms with Crippen LogP contribution in [0.15, 0.2) is 54.6 Å². The minimum atomic E-state index is -0.596. The maximum absolute atomic E-state index is 12.1. The lowest BCUT2D eigenvalue weighted by atomic mass is 9.98. The molecule has 0 amide bonds. The normalized spacial score (nSPS) is 10.7. The lowest BCUT2D eigenvalue weighted by molar-refractivity contribution is 0.0595. The third kappa shape index (κ3) is 4.39. The molecule has 9 heteroatoms. The van der Waals surface area contributed by atoms with Crippen molar-refractivity contribution in [2.45, 2.75) is 13.5 Å². The third-order valence-electron chi connectivity index (χ3n) is 4.64. The summed E-state index contributed by atoms with van der Waals surface area (Å²) < 4.78 is 10.7. The second-order valence-corrected chi connectivity index (χ2v) is 7.06. The molecule has 2 aromatic heterocycles. The van der Waals surface area contributed by atoms with Gasteiger partial charge in [-0.05, 0) is 34.0 Å². The SMILES string of the molecule is COC(=O)c1c(OCc2ccc(-c3ccccc3-c3nnn[nH]3)cc2)cc(C)nc1Cl. The Kier molecular flexibility index (Phi) is 5.90. The second kappa shape index (κ2) is 8.93. The minimum absolute atomic E-state index is 0.0516. The van der Waals surface area contributed by atoms with E-state index in [0.29, 0.717) is 17.3 Å². The number of halogens is 1. The summed E-state index contributed by atoms with van der Waals surface area (Å²) in [5.41, 5.74) is 4.58. The van der Waals surface area contributed by atoms with Gasteiger partial charge in [-0.2, -0.15) is 0 Å². The van der Waals surface area contributed by atoms with Crippen molar-refractivity contribution in [3.63, 3.8) is 0 Å². The molecule has 2 heterocycles. The van der Waals surface area contributed by atoms with Gasteiger partial charge >= 0.3 is 5.97 Å². The summed E-state index contributed by atoms with van der Waals surface area (Å²) in [5.74, 6) is 0.334. The number of aromatic amines is 1. The Morgan fingerprint density at radius 1 is 1.10 bits per heavy atom. The van der Waals surface area contributed by atoms with Crippen molar-refractivity contribution in [3.05, 3.63) is 76.6 Å². The molecular weight excluding hydrogens is 418 g/mol. The number of benzene rings is 2. The zero-order chi connectivity index (χ0) is 21.8. The van der Waals surface area contributed by atoms with Crippen LogP contribution in [-0.4, -0.2) is 38.7 Å². The molecule has 0 radical (unpaired) electrons. The van der Waals surface area contributed by atoms with E-state index >= 15 is 0 Å². The van der Waals surface area contributed by atoms with Gasteiger partial charge < -0.3 is 9.47 Å². The van der Waals surface area contributed by atoms with E-state index < -0.39 is 5.97 Å². The van der Waals surface area contributed by atoms with Gasteiger partial charge in [0.1, 0.15) is 23.1 Å². The van der Waals surface area contributed by atoms with E-state index in [-0.39, 0.29) is 17.3 Å². The number of methoxy groups -OCH3 is 1. The molecule has 1 N–H and O–H groups in total. The van der Waals surface area contributed by atoms with E-state index in [4.69, 9.17) is 21.1 Å². The highest BCUT2D eigenvalue weighted by molar-refractivity contribution is 6.32. The first-order valence-corrected chi connectivity index (χ1v) is 9.75. The van der Waals surface area contributed by atoms with Gasteiger partial charge in [-0.1, -0.05) is 60.1 Å². The highest BCUT2D eigenvalue weighted by Gasteiger charge is 2.20. The molecule has 0 saturated heterocycles. The van der Waals surface area contributed by atoms with E-state index in [2.05, 4.69) is 25.6 Å². The van der Waals surface area contributed by atoms with E-state index in [0.717, 1.165) is 22.3 Å². The van der Waals surface area contributed by atoms with Crippen LogP contribution in [0, 0.1) is 6.92 Å². The number of aromatic nitrogens is 5. The molecule has 4 aromatic rings. The molecule has 0 bridgehead atoms.